The van der Waals surface area contributed by atoms with Crippen LogP contribution < -0.4 is 10.6 Å². The third-order valence-corrected chi connectivity index (χ3v) is 4.11. The third kappa shape index (κ3) is 4.27. The van der Waals surface area contributed by atoms with Crippen LogP contribution in [0.3, 0.4) is 0 Å². The number of carbonyl (C=O) groups excluding carboxylic acids is 1. The summed E-state index contributed by atoms with van der Waals surface area (Å²) < 4.78 is 4.98. The number of carbonyl (C=O) groups is 1. The van der Waals surface area contributed by atoms with Crippen molar-refractivity contribution in [3.63, 3.8) is 0 Å². The number of benzene rings is 2. The van der Waals surface area contributed by atoms with Gasteiger partial charge in [-0.2, -0.15) is 10.1 Å². The van der Waals surface area contributed by atoms with Crippen molar-refractivity contribution in [2.45, 2.75) is 6.92 Å². The summed E-state index contributed by atoms with van der Waals surface area (Å²) in [5, 5.41) is 15.3. The Morgan fingerprint density at radius 1 is 1.03 bits per heavy atom. The lowest BCUT2D eigenvalue weighted by Gasteiger charge is -2.09. The maximum absolute atomic E-state index is 11.7. The average molecular weight is 386 g/mol. The molecule has 0 atom stereocenters. The maximum Gasteiger partial charge on any atom is 0.338 e. The van der Waals surface area contributed by atoms with Gasteiger partial charge in [-0.15, -0.1) is 5.10 Å². The van der Waals surface area contributed by atoms with Crippen LogP contribution in [0, 0.1) is 0 Å². The first-order valence-corrected chi connectivity index (χ1v) is 9.07. The lowest BCUT2D eigenvalue weighted by Crippen LogP contribution is -2.05. The number of fused-ring (bicyclic) bond motifs is 1. The molecule has 0 saturated carbocycles. The zero-order chi connectivity index (χ0) is 20.1. The number of pyridine rings is 1. The van der Waals surface area contributed by atoms with Gasteiger partial charge < -0.3 is 15.4 Å². The van der Waals surface area contributed by atoms with E-state index < -0.39 is 0 Å². The van der Waals surface area contributed by atoms with Gasteiger partial charge in [-0.05, 0) is 43.3 Å². The fourth-order valence-corrected chi connectivity index (χ4v) is 2.79. The number of para-hydroxylation sites is 1. The summed E-state index contributed by atoms with van der Waals surface area (Å²) in [5.41, 5.74) is 2.88. The molecule has 2 aromatic heterocycles. The fraction of sp³-hybridized carbons (Fsp3) is 0.0952. The van der Waals surface area contributed by atoms with Crippen LogP contribution >= 0.6 is 0 Å². The minimum atomic E-state index is -0.355. The first-order chi connectivity index (χ1) is 14.2. The molecule has 8 nitrogen and oxygen atoms in total. The van der Waals surface area contributed by atoms with Crippen molar-refractivity contribution in [1.29, 1.82) is 0 Å². The number of aromatic nitrogens is 4. The highest BCUT2D eigenvalue weighted by Gasteiger charge is 2.08. The summed E-state index contributed by atoms with van der Waals surface area (Å²) in [4.78, 5) is 20.6. The van der Waals surface area contributed by atoms with E-state index in [9.17, 15) is 4.79 Å². The van der Waals surface area contributed by atoms with Crippen molar-refractivity contribution < 1.29 is 9.53 Å². The van der Waals surface area contributed by atoms with Gasteiger partial charge in [0.1, 0.15) is 0 Å². The summed E-state index contributed by atoms with van der Waals surface area (Å²) in [6.45, 7) is 2.11. The van der Waals surface area contributed by atoms with E-state index in [2.05, 4.69) is 30.8 Å². The molecular weight excluding hydrogens is 368 g/mol. The van der Waals surface area contributed by atoms with Gasteiger partial charge in [-0.1, -0.05) is 18.2 Å². The number of nitrogens with one attached hydrogen (secondary N) is 2. The predicted molar refractivity (Wildman–Crippen MR) is 111 cm³/mol. The molecule has 144 valence electrons. The Bertz CT molecular complexity index is 1140. The van der Waals surface area contributed by atoms with E-state index in [0.717, 1.165) is 22.3 Å². The summed E-state index contributed by atoms with van der Waals surface area (Å²) >= 11 is 0. The normalized spacial score (nSPS) is 10.5. The molecule has 2 aromatic carbocycles. The molecular formula is C21H18N6O2. The van der Waals surface area contributed by atoms with E-state index in [4.69, 9.17) is 4.74 Å². The Hall–Kier alpha value is -4.07. The highest BCUT2D eigenvalue weighted by atomic mass is 16.5. The summed E-state index contributed by atoms with van der Waals surface area (Å²) in [5.74, 6) is 0.503. The molecule has 8 heteroatoms. The summed E-state index contributed by atoms with van der Waals surface area (Å²) in [6.07, 6.45) is 3.29. The van der Waals surface area contributed by atoms with Gasteiger partial charge in [-0.25, -0.2) is 4.79 Å². The lowest BCUT2D eigenvalue weighted by molar-refractivity contribution is 0.0526. The van der Waals surface area contributed by atoms with E-state index in [1.54, 1.807) is 37.4 Å². The number of esters is 1. The zero-order valence-electron chi connectivity index (χ0n) is 15.7. The van der Waals surface area contributed by atoms with Crippen LogP contribution in [0.15, 0.2) is 67.0 Å². The molecule has 0 aliphatic heterocycles. The summed E-state index contributed by atoms with van der Waals surface area (Å²) in [6, 6.07) is 16.6. The van der Waals surface area contributed by atoms with E-state index in [1.807, 2.05) is 30.3 Å². The fourth-order valence-electron chi connectivity index (χ4n) is 2.79. The zero-order valence-corrected chi connectivity index (χ0v) is 15.7. The standard InChI is InChI=1S/C21H18N6O2/c1-2-29-20(28)15-8-10-16(11-9-15)24-21-26-18(13-23-27-21)25-17-7-3-5-14-6-4-12-22-19(14)17/h3-13H,2H2,1H3,(H2,24,25,26,27). The molecule has 0 aliphatic rings. The second-order valence-corrected chi connectivity index (χ2v) is 6.09. The first-order valence-electron chi connectivity index (χ1n) is 9.07. The van der Waals surface area contributed by atoms with Crippen LogP contribution in [0.25, 0.3) is 10.9 Å². The van der Waals surface area contributed by atoms with Crippen LogP contribution in [0.2, 0.25) is 0 Å². The van der Waals surface area contributed by atoms with Crippen molar-refractivity contribution >= 4 is 40.0 Å². The maximum atomic E-state index is 11.7. The van der Waals surface area contributed by atoms with Crippen molar-refractivity contribution in [1.82, 2.24) is 20.2 Å². The van der Waals surface area contributed by atoms with E-state index >= 15 is 0 Å². The van der Waals surface area contributed by atoms with Crippen LogP contribution in [0.5, 0.6) is 0 Å². The van der Waals surface area contributed by atoms with Crippen LogP contribution in [-0.2, 0) is 4.74 Å². The summed E-state index contributed by atoms with van der Waals surface area (Å²) in [7, 11) is 0. The molecule has 0 saturated heterocycles. The van der Waals surface area contributed by atoms with Gasteiger partial charge in [0, 0.05) is 17.3 Å². The largest absolute Gasteiger partial charge is 0.462 e. The Morgan fingerprint density at radius 2 is 1.86 bits per heavy atom. The number of hydrogen-bond donors (Lipinski definition) is 2. The smallest absolute Gasteiger partial charge is 0.338 e. The SMILES string of the molecule is CCOC(=O)c1ccc(Nc2nncc(Nc3cccc4cccnc34)n2)cc1. The molecule has 4 rings (SSSR count). The highest BCUT2D eigenvalue weighted by molar-refractivity contribution is 5.91. The van der Waals surface area contributed by atoms with Gasteiger partial charge in [-0.3, -0.25) is 4.98 Å². The number of hydrogen-bond acceptors (Lipinski definition) is 8. The Balaban J connectivity index is 1.51. The molecule has 0 bridgehead atoms. The van der Waals surface area contributed by atoms with Crippen LogP contribution in [0.4, 0.5) is 23.1 Å². The second-order valence-electron chi connectivity index (χ2n) is 6.09. The molecule has 0 radical (unpaired) electrons. The molecule has 0 amide bonds. The Labute approximate surface area is 167 Å². The molecule has 29 heavy (non-hydrogen) atoms. The molecule has 2 heterocycles. The Morgan fingerprint density at radius 3 is 2.69 bits per heavy atom. The van der Waals surface area contributed by atoms with E-state index in [0.29, 0.717) is 23.9 Å². The minimum Gasteiger partial charge on any atom is -0.462 e. The quantitative estimate of drug-likeness (QED) is 0.478. The number of rotatable bonds is 6. The van der Waals surface area contributed by atoms with E-state index in [1.165, 1.54) is 6.20 Å². The highest BCUT2D eigenvalue weighted by Crippen LogP contribution is 2.24. The van der Waals surface area contributed by atoms with Crippen molar-refractivity contribution in [3.8, 4) is 0 Å². The molecule has 4 aromatic rings. The van der Waals surface area contributed by atoms with Crippen molar-refractivity contribution in [2.24, 2.45) is 0 Å². The van der Waals surface area contributed by atoms with Gasteiger partial charge in [0.2, 0.25) is 5.95 Å². The van der Waals surface area contributed by atoms with Crippen LogP contribution in [0.1, 0.15) is 17.3 Å². The third-order valence-electron chi connectivity index (χ3n) is 4.11. The Kier molecular flexibility index (Phi) is 5.24. The van der Waals surface area contributed by atoms with Crippen molar-refractivity contribution in [3.05, 3.63) is 72.6 Å². The van der Waals surface area contributed by atoms with Gasteiger partial charge >= 0.3 is 5.97 Å². The van der Waals surface area contributed by atoms with E-state index in [-0.39, 0.29) is 5.97 Å². The monoisotopic (exact) mass is 386 g/mol. The second kappa shape index (κ2) is 8.30. The number of ether oxygens (including phenoxy) is 1. The van der Waals surface area contributed by atoms with Crippen molar-refractivity contribution in [2.75, 3.05) is 17.2 Å². The number of anilines is 4. The molecule has 0 fully saturated rings. The average Bonchev–Trinajstić information content (AvgIpc) is 2.75. The van der Waals surface area contributed by atoms with Crippen LogP contribution in [-0.4, -0.2) is 32.7 Å². The first kappa shape index (κ1) is 18.3. The predicted octanol–water partition coefficient (Wildman–Crippen LogP) is 4.08. The molecule has 2 N–H and O–H groups in total. The topological polar surface area (TPSA) is 102 Å². The molecule has 0 unspecified atom stereocenters. The molecule has 0 spiro atoms. The number of nitrogens with zero attached hydrogens (tertiary/aromatic N) is 4. The minimum absolute atomic E-state index is 0.326. The molecule has 0 aliphatic carbocycles. The van der Waals surface area contributed by atoms with Gasteiger partial charge in [0.05, 0.1) is 29.6 Å². The van der Waals surface area contributed by atoms with Gasteiger partial charge in [0.25, 0.3) is 0 Å². The lowest BCUT2D eigenvalue weighted by atomic mass is 10.2. The van der Waals surface area contributed by atoms with Gasteiger partial charge in [0.15, 0.2) is 5.82 Å².